The van der Waals surface area contributed by atoms with E-state index in [1.807, 2.05) is 6.07 Å². The normalized spacial score (nSPS) is 10.4. The van der Waals surface area contributed by atoms with Crippen molar-refractivity contribution in [3.8, 4) is 0 Å². The molecule has 2 unspecified atom stereocenters. The molecule has 0 aliphatic heterocycles. The van der Waals surface area contributed by atoms with Crippen LogP contribution in [-0.4, -0.2) is 18.9 Å². The highest BCUT2D eigenvalue weighted by atomic mass is 31.0. The standard InChI is InChI=1S/C10H17NP2/c12-7-9(8-13)6-11-10-4-2-1-3-5-10/h1-5,9,11H,6-8,12-13H2. The third kappa shape index (κ3) is 4.07. The molecule has 0 saturated carbocycles. The van der Waals surface area contributed by atoms with E-state index in [1.165, 1.54) is 5.69 Å². The van der Waals surface area contributed by atoms with Gasteiger partial charge in [-0.15, -0.1) is 18.5 Å². The summed E-state index contributed by atoms with van der Waals surface area (Å²) < 4.78 is 0. The zero-order valence-electron chi connectivity index (χ0n) is 7.74. The second-order valence-electron chi connectivity index (χ2n) is 3.08. The minimum absolute atomic E-state index is 0.732. The van der Waals surface area contributed by atoms with Crippen molar-refractivity contribution in [3.05, 3.63) is 30.3 Å². The number of benzene rings is 1. The lowest BCUT2D eigenvalue weighted by atomic mass is 10.2. The molecule has 1 nitrogen and oxygen atoms in total. The van der Waals surface area contributed by atoms with Crippen LogP contribution in [0.25, 0.3) is 0 Å². The van der Waals surface area contributed by atoms with Crippen LogP contribution < -0.4 is 5.32 Å². The van der Waals surface area contributed by atoms with E-state index in [0.717, 1.165) is 24.8 Å². The monoisotopic (exact) mass is 213 g/mol. The van der Waals surface area contributed by atoms with Crippen molar-refractivity contribution in [1.29, 1.82) is 0 Å². The van der Waals surface area contributed by atoms with Crippen molar-refractivity contribution >= 4 is 24.2 Å². The van der Waals surface area contributed by atoms with Crippen molar-refractivity contribution < 1.29 is 0 Å². The summed E-state index contributed by atoms with van der Waals surface area (Å²) in [4.78, 5) is 0. The van der Waals surface area contributed by atoms with Gasteiger partial charge in [-0.25, -0.2) is 0 Å². The van der Waals surface area contributed by atoms with E-state index in [0.29, 0.717) is 0 Å². The van der Waals surface area contributed by atoms with Gasteiger partial charge in [-0.2, -0.15) is 0 Å². The Morgan fingerprint density at radius 1 is 1.08 bits per heavy atom. The number of nitrogens with one attached hydrogen (secondary N) is 1. The maximum absolute atomic E-state index is 3.42. The summed E-state index contributed by atoms with van der Waals surface area (Å²) in [5.74, 6) is 0.732. The molecule has 0 saturated heterocycles. The third-order valence-electron chi connectivity index (χ3n) is 2.04. The smallest absolute Gasteiger partial charge is 0.0340 e. The lowest BCUT2D eigenvalue weighted by Crippen LogP contribution is -2.16. The van der Waals surface area contributed by atoms with E-state index < -0.39 is 0 Å². The molecule has 3 heteroatoms. The fourth-order valence-corrected chi connectivity index (χ4v) is 2.18. The van der Waals surface area contributed by atoms with E-state index in [2.05, 4.69) is 48.1 Å². The van der Waals surface area contributed by atoms with Crippen LogP contribution in [0.3, 0.4) is 0 Å². The minimum Gasteiger partial charge on any atom is -0.385 e. The molecule has 0 amide bonds. The highest BCUT2D eigenvalue weighted by Gasteiger charge is 2.01. The third-order valence-corrected chi connectivity index (χ3v) is 3.37. The molecule has 1 N–H and O–H groups in total. The quantitative estimate of drug-likeness (QED) is 0.741. The first-order valence-electron chi connectivity index (χ1n) is 4.56. The molecular weight excluding hydrogens is 196 g/mol. The van der Waals surface area contributed by atoms with Crippen molar-refractivity contribution in [2.75, 3.05) is 24.2 Å². The summed E-state index contributed by atoms with van der Waals surface area (Å²) >= 11 is 0. The van der Waals surface area contributed by atoms with Crippen LogP contribution in [0.2, 0.25) is 0 Å². The minimum atomic E-state index is 0.732. The van der Waals surface area contributed by atoms with Gasteiger partial charge in [-0.05, 0) is 30.4 Å². The van der Waals surface area contributed by atoms with E-state index in [9.17, 15) is 0 Å². The Balaban J connectivity index is 2.34. The predicted octanol–water partition coefficient (Wildman–Crippen LogP) is 2.46. The van der Waals surface area contributed by atoms with Gasteiger partial charge in [0, 0.05) is 12.2 Å². The molecule has 0 bridgehead atoms. The first-order valence-corrected chi connectivity index (χ1v) is 6.19. The molecule has 1 aromatic carbocycles. The van der Waals surface area contributed by atoms with Crippen LogP contribution >= 0.6 is 18.5 Å². The number of para-hydroxylation sites is 1. The Hall–Kier alpha value is -0.120. The molecule has 0 fully saturated rings. The van der Waals surface area contributed by atoms with Crippen LogP contribution in [0, 0.1) is 5.92 Å². The second-order valence-corrected chi connectivity index (χ2v) is 4.03. The highest BCUT2D eigenvalue weighted by Crippen LogP contribution is 2.09. The first kappa shape index (κ1) is 11.0. The van der Waals surface area contributed by atoms with Crippen LogP contribution in [0.1, 0.15) is 0 Å². The maximum atomic E-state index is 3.42. The Morgan fingerprint density at radius 3 is 2.23 bits per heavy atom. The van der Waals surface area contributed by atoms with Gasteiger partial charge >= 0.3 is 0 Å². The summed E-state index contributed by atoms with van der Waals surface area (Å²) in [6.45, 7) is 1.05. The van der Waals surface area contributed by atoms with Crippen LogP contribution in [0.5, 0.6) is 0 Å². The van der Waals surface area contributed by atoms with Gasteiger partial charge in [-0.1, -0.05) is 18.2 Å². The molecule has 0 heterocycles. The molecule has 1 aromatic rings. The topological polar surface area (TPSA) is 12.0 Å². The zero-order chi connectivity index (χ0) is 9.52. The van der Waals surface area contributed by atoms with E-state index in [-0.39, 0.29) is 0 Å². The first-order chi connectivity index (χ1) is 6.36. The van der Waals surface area contributed by atoms with Gasteiger partial charge < -0.3 is 5.32 Å². The summed E-state index contributed by atoms with van der Waals surface area (Å²) in [5.41, 5.74) is 1.21. The number of anilines is 1. The summed E-state index contributed by atoms with van der Waals surface area (Å²) in [7, 11) is 5.59. The average molecular weight is 213 g/mol. The lowest BCUT2D eigenvalue weighted by molar-refractivity contribution is 0.713. The average Bonchev–Trinajstić information content (AvgIpc) is 2.21. The molecular formula is C10H17NP2. The predicted molar refractivity (Wildman–Crippen MR) is 67.6 cm³/mol. The fraction of sp³-hybridized carbons (Fsp3) is 0.400. The van der Waals surface area contributed by atoms with Gasteiger partial charge in [-0.3, -0.25) is 0 Å². The van der Waals surface area contributed by atoms with E-state index in [4.69, 9.17) is 0 Å². The van der Waals surface area contributed by atoms with Crippen LogP contribution in [0.15, 0.2) is 30.3 Å². The van der Waals surface area contributed by atoms with Gasteiger partial charge in [0.1, 0.15) is 0 Å². The summed E-state index contributed by atoms with van der Waals surface area (Å²) in [5, 5.41) is 3.42. The van der Waals surface area contributed by atoms with Crippen LogP contribution in [-0.2, 0) is 0 Å². The number of hydrogen-bond donors (Lipinski definition) is 1. The molecule has 0 aliphatic rings. The van der Waals surface area contributed by atoms with Crippen molar-refractivity contribution in [1.82, 2.24) is 0 Å². The van der Waals surface area contributed by atoms with Gasteiger partial charge in [0.15, 0.2) is 0 Å². The molecule has 1 rings (SSSR count). The summed E-state index contributed by atoms with van der Waals surface area (Å²) in [6.07, 6.45) is 2.31. The Bertz CT molecular complexity index is 222. The summed E-state index contributed by atoms with van der Waals surface area (Å²) in [6, 6.07) is 10.3. The Kier molecular flexibility index (Phi) is 5.35. The van der Waals surface area contributed by atoms with Crippen molar-refractivity contribution in [2.24, 2.45) is 5.92 Å². The van der Waals surface area contributed by atoms with Gasteiger partial charge in [0.25, 0.3) is 0 Å². The maximum Gasteiger partial charge on any atom is 0.0340 e. The number of hydrogen-bond acceptors (Lipinski definition) is 1. The molecule has 0 spiro atoms. The molecule has 0 aromatic heterocycles. The largest absolute Gasteiger partial charge is 0.385 e. The molecule has 13 heavy (non-hydrogen) atoms. The number of rotatable bonds is 5. The highest BCUT2D eigenvalue weighted by molar-refractivity contribution is 7.17. The molecule has 72 valence electrons. The van der Waals surface area contributed by atoms with Crippen molar-refractivity contribution in [2.45, 2.75) is 0 Å². The van der Waals surface area contributed by atoms with Gasteiger partial charge in [0.2, 0.25) is 0 Å². The molecule has 0 radical (unpaired) electrons. The second kappa shape index (κ2) is 6.35. The fourth-order valence-electron chi connectivity index (χ4n) is 1.08. The SMILES string of the molecule is PCC(CP)CNc1ccccc1. The lowest BCUT2D eigenvalue weighted by Gasteiger charge is -2.13. The van der Waals surface area contributed by atoms with E-state index in [1.54, 1.807) is 0 Å². The molecule has 2 atom stereocenters. The Morgan fingerprint density at radius 2 is 1.69 bits per heavy atom. The Labute approximate surface area is 85.1 Å². The van der Waals surface area contributed by atoms with E-state index >= 15 is 0 Å². The van der Waals surface area contributed by atoms with Crippen LogP contribution in [0.4, 0.5) is 5.69 Å². The molecule has 0 aliphatic carbocycles. The van der Waals surface area contributed by atoms with Gasteiger partial charge in [0.05, 0.1) is 0 Å². The van der Waals surface area contributed by atoms with Crippen molar-refractivity contribution in [3.63, 3.8) is 0 Å². The zero-order valence-corrected chi connectivity index (χ0v) is 10.0.